The predicted octanol–water partition coefficient (Wildman–Crippen LogP) is 1.83. The Morgan fingerprint density at radius 3 is 3.00 bits per heavy atom. The first-order valence-corrected chi connectivity index (χ1v) is 6.59. The van der Waals surface area contributed by atoms with Gasteiger partial charge in [0.1, 0.15) is 0 Å². The molecule has 0 amide bonds. The van der Waals surface area contributed by atoms with Crippen molar-refractivity contribution in [2.24, 2.45) is 5.41 Å². The molecule has 0 aromatic carbocycles. The highest BCUT2D eigenvalue weighted by atomic mass is 32.1. The van der Waals surface area contributed by atoms with Gasteiger partial charge < -0.3 is 10.1 Å². The van der Waals surface area contributed by atoms with Gasteiger partial charge in [0.05, 0.1) is 11.8 Å². The molecule has 16 heavy (non-hydrogen) atoms. The van der Waals surface area contributed by atoms with Crippen molar-refractivity contribution in [3.8, 4) is 0 Å². The van der Waals surface area contributed by atoms with Crippen molar-refractivity contribution in [3.63, 3.8) is 0 Å². The average Bonchev–Trinajstić information content (AvgIpc) is 2.75. The smallest absolute Gasteiger partial charge is 0.0893 e. The summed E-state index contributed by atoms with van der Waals surface area (Å²) in [6.07, 6.45) is 1.49. The number of hydrogen-bond acceptors (Lipinski definition) is 5. The molecule has 1 heterocycles. The van der Waals surface area contributed by atoms with E-state index < -0.39 is 0 Å². The summed E-state index contributed by atoms with van der Waals surface area (Å²) < 4.78 is 9.55. The maximum atomic E-state index is 5.69. The van der Waals surface area contributed by atoms with Crippen molar-refractivity contribution in [1.29, 1.82) is 0 Å². The number of rotatable bonds is 5. The summed E-state index contributed by atoms with van der Waals surface area (Å²) in [6.45, 7) is 8.18. The largest absolute Gasteiger partial charge is 0.378 e. The molecule has 1 aromatic rings. The third-order valence-corrected chi connectivity index (χ3v) is 4.03. The number of nitrogens with one attached hydrogen (secondary N) is 1. The van der Waals surface area contributed by atoms with Gasteiger partial charge in [0, 0.05) is 30.0 Å². The molecule has 0 bridgehead atoms. The van der Waals surface area contributed by atoms with Crippen LogP contribution in [0.5, 0.6) is 0 Å². The van der Waals surface area contributed by atoms with Crippen LogP contribution in [0.3, 0.4) is 0 Å². The normalized spacial score (nSPS) is 27.7. The van der Waals surface area contributed by atoms with Gasteiger partial charge in [0.15, 0.2) is 0 Å². The molecule has 1 fully saturated rings. The van der Waals surface area contributed by atoms with E-state index in [1.165, 1.54) is 11.5 Å². The molecule has 2 atom stereocenters. The van der Waals surface area contributed by atoms with Gasteiger partial charge >= 0.3 is 0 Å². The fraction of sp³-hybridized carbons (Fsp3) is 0.818. The average molecular weight is 241 g/mol. The van der Waals surface area contributed by atoms with Crippen LogP contribution in [0.1, 0.15) is 32.9 Å². The lowest BCUT2D eigenvalue weighted by atomic mass is 9.64. The Morgan fingerprint density at radius 2 is 2.44 bits per heavy atom. The lowest BCUT2D eigenvalue weighted by Gasteiger charge is -2.51. The third kappa shape index (κ3) is 2.26. The Kier molecular flexibility index (Phi) is 3.56. The van der Waals surface area contributed by atoms with Crippen LogP contribution in [0.2, 0.25) is 0 Å². The van der Waals surface area contributed by atoms with E-state index >= 15 is 0 Å². The molecule has 1 aliphatic rings. The van der Waals surface area contributed by atoms with Crippen molar-refractivity contribution in [2.75, 3.05) is 6.61 Å². The van der Waals surface area contributed by atoms with Crippen LogP contribution in [0.15, 0.2) is 5.38 Å². The van der Waals surface area contributed by atoms with E-state index in [4.69, 9.17) is 4.74 Å². The summed E-state index contributed by atoms with van der Waals surface area (Å²) in [6, 6.07) is 0.519. The summed E-state index contributed by atoms with van der Waals surface area (Å²) in [5, 5.41) is 9.53. The van der Waals surface area contributed by atoms with E-state index in [9.17, 15) is 0 Å². The Balaban J connectivity index is 1.80. The SMILES string of the molecule is CCOC1CC(NCc2csnn2)C1(C)C. The van der Waals surface area contributed by atoms with Crippen LogP contribution < -0.4 is 5.32 Å². The van der Waals surface area contributed by atoms with Crippen LogP contribution in [0.4, 0.5) is 0 Å². The maximum absolute atomic E-state index is 5.69. The van der Waals surface area contributed by atoms with E-state index in [-0.39, 0.29) is 5.41 Å². The molecule has 1 saturated carbocycles. The van der Waals surface area contributed by atoms with Crippen LogP contribution >= 0.6 is 11.5 Å². The Morgan fingerprint density at radius 1 is 1.62 bits per heavy atom. The second-order valence-corrected chi connectivity index (χ2v) is 5.44. The summed E-state index contributed by atoms with van der Waals surface area (Å²) in [4.78, 5) is 0. The standard InChI is InChI=1S/C11H19N3OS/c1-4-15-10-5-9(11(10,2)3)12-6-8-7-16-14-13-8/h7,9-10,12H,4-6H2,1-3H3. The highest BCUT2D eigenvalue weighted by Crippen LogP contribution is 2.42. The van der Waals surface area contributed by atoms with E-state index in [2.05, 4.69) is 35.7 Å². The first kappa shape index (κ1) is 12.0. The lowest BCUT2D eigenvalue weighted by Crippen LogP contribution is -2.60. The highest BCUT2D eigenvalue weighted by molar-refractivity contribution is 7.03. The molecular formula is C11H19N3OS. The zero-order valence-corrected chi connectivity index (χ0v) is 10.9. The summed E-state index contributed by atoms with van der Waals surface area (Å²) >= 11 is 1.40. The van der Waals surface area contributed by atoms with Crippen molar-refractivity contribution in [3.05, 3.63) is 11.1 Å². The highest BCUT2D eigenvalue weighted by Gasteiger charge is 2.48. The fourth-order valence-corrected chi connectivity index (χ4v) is 2.66. The van der Waals surface area contributed by atoms with Crippen LogP contribution in [-0.2, 0) is 11.3 Å². The first-order valence-electron chi connectivity index (χ1n) is 5.75. The lowest BCUT2D eigenvalue weighted by molar-refractivity contribution is -0.114. The Bertz CT molecular complexity index is 326. The van der Waals surface area contributed by atoms with Gasteiger partial charge in [0.2, 0.25) is 0 Å². The summed E-state index contributed by atoms with van der Waals surface area (Å²) in [5.74, 6) is 0. The molecular weight excluding hydrogens is 222 g/mol. The number of nitrogens with zero attached hydrogens (tertiary/aromatic N) is 2. The van der Waals surface area contributed by atoms with Crippen LogP contribution in [0.25, 0.3) is 0 Å². The summed E-state index contributed by atoms with van der Waals surface area (Å²) in [7, 11) is 0. The van der Waals surface area contributed by atoms with Crippen LogP contribution in [0, 0.1) is 5.41 Å². The van der Waals surface area contributed by atoms with Crippen molar-refractivity contribution in [2.45, 2.75) is 45.9 Å². The maximum Gasteiger partial charge on any atom is 0.0893 e. The zero-order chi connectivity index (χ0) is 11.6. The quantitative estimate of drug-likeness (QED) is 0.854. The second kappa shape index (κ2) is 4.77. The van der Waals surface area contributed by atoms with Crippen molar-refractivity contribution < 1.29 is 4.74 Å². The molecule has 0 spiro atoms. The zero-order valence-electron chi connectivity index (χ0n) is 10.1. The van der Waals surface area contributed by atoms with Crippen molar-refractivity contribution >= 4 is 11.5 Å². The first-order chi connectivity index (χ1) is 7.64. The third-order valence-electron chi connectivity index (χ3n) is 3.48. The van der Waals surface area contributed by atoms with Gasteiger partial charge in [-0.05, 0) is 24.9 Å². The molecule has 2 rings (SSSR count). The van der Waals surface area contributed by atoms with Gasteiger partial charge in [0.25, 0.3) is 0 Å². The molecule has 5 heteroatoms. The molecule has 0 saturated heterocycles. The van der Waals surface area contributed by atoms with Gasteiger partial charge in [-0.2, -0.15) is 0 Å². The minimum Gasteiger partial charge on any atom is -0.378 e. The van der Waals surface area contributed by atoms with E-state index in [0.29, 0.717) is 12.1 Å². The van der Waals surface area contributed by atoms with E-state index in [1.54, 1.807) is 0 Å². The van der Waals surface area contributed by atoms with Crippen LogP contribution in [-0.4, -0.2) is 28.3 Å². The molecule has 1 N–H and O–H groups in total. The molecule has 0 aliphatic heterocycles. The number of ether oxygens (including phenoxy) is 1. The molecule has 1 aromatic heterocycles. The van der Waals surface area contributed by atoms with Gasteiger partial charge in [-0.1, -0.05) is 18.3 Å². The molecule has 90 valence electrons. The monoisotopic (exact) mass is 241 g/mol. The topological polar surface area (TPSA) is 47.0 Å². The van der Waals surface area contributed by atoms with Gasteiger partial charge in [-0.3, -0.25) is 0 Å². The van der Waals surface area contributed by atoms with E-state index in [1.807, 2.05) is 5.38 Å². The summed E-state index contributed by atoms with van der Waals surface area (Å²) in [5.41, 5.74) is 1.25. The molecule has 2 unspecified atom stereocenters. The molecule has 0 radical (unpaired) electrons. The molecule has 4 nitrogen and oxygen atoms in total. The van der Waals surface area contributed by atoms with Crippen molar-refractivity contribution in [1.82, 2.24) is 14.9 Å². The predicted molar refractivity (Wildman–Crippen MR) is 64.3 cm³/mol. The minimum atomic E-state index is 0.222. The van der Waals surface area contributed by atoms with Gasteiger partial charge in [-0.15, -0.1) is 5.10 Å². The Hall–Kier alpha value is -0.520. The minimum absolute atomic E-state index is 0.222. The fourth-order valence-electron chi connectivity index (χ4n) is 2.20. The van der Waals surface area contributed by atoms with E-state index in [0.717, 1.165) is 25.3 Å². The number of aromatic nitrogens is 2. The number of hydrogen-bond donors (Lipinski definition) is 1. The van der Waals surface area contributed by atoms with Gasteiger partial charge in [-0.25, -0.2) is 0 Å². The Labute approximate surface area is 101 Å². The second-order valence-electron chi connectivity index (χ2n) is 4.83. The molecule has 1 aliphatic carbocycles.